The number of rotatable bonds is 1. The Labute approximate surface area is 121 Å². The average molecular weight is 262 g/mol. The zero-order valence-corrected chi connectivity index (χ0v) is 12.3. The van der Waals surface area contributed by atoms with E-state index in [9.17, 15) is 0 Å². The van der Waals surface area contributed by atoms with Gasteiger partial charge in [-0.25, -0.2) is 0 Å². The van der Waals surface area contributed by atoms with Crippen molar-refractivity contribution in [1.82, 2.24) is 0 Å². The lowest BCUT2D eigenvalue weighted by Gasteiger charge is -2.26. The first-order chi connectivity index (χ1) is 9.84. The van der Waals surface area contributed by atoms with Crippen molar-refractivity contribution in [2.75, 3.05) is 0 Å². The van der Waals surface area contributed by atoms with Crippen molar-refractivity contribution < 1.29 is 0 Å². The predicted octanol–water partition coefficient (Wildman–Crippen LogP) is 5.61. The smallest absolute Gasteiger partial charge is 0.00105 e. The van der Waals surface area contributed by atoms with E-state index in [0.29, 0.717) is 0 Å². The molecule has 0 aliphatic heterocycles. The summed E-state index contributed by atoms with van der Waals surface area (Å²) in [7, 11) is 0. The Hall–Kier alpha value is -1.56. The molecule has 0 aromatic heterocycles. The Balaban J connectivity index is 1.85. The van der Waals surface area contributed by atoms with Crippen molar-refractivity contribution in [3.63, 3.8) is 0 Å². The maximum absolute atomic E-state index is 2.35. The lowest BCUT2D eigenvalue weighted by molar-refractivity contribution is 0.441. The molecule has 4 rings (SSSR count). The van der Waals surface area contributed by atoms with Gasteiger partial charge < -0.3 is 0 Å². The van der Waals surface area contributed by atoms with Crippen LogP contribution in [0.25, 0.3) is 11.1 Å². The Morgan fingerprint density at radius 1 is 0.850 bits per heavy atom. The number of fused-ring (bicyclic) bond motifs is 3. The van der Waals surface area contributed by atoms with Gasteiger partial charge in [-0.15, -0.1) is 0 Å². The summed E-state index contributed by atoms with van der Waals surface area (Å²) in [5.74, 6) is 0.813. The van der Waals surface area contributed by atoms with Gasteiger partial charge in [0, 0.05) is 0 Å². The quantitative estimate of drug-likeness (QED) is 0.534. The first kappa shape index (κ1) is 12.2. The monoisotopic (exact) mass is 262 g/mol. The third-order valence-electron chi connectivity index (χ3n) is 5.26. The Bertz CT molecular complexity index is 645. The first-order valence-electron chi connectivity index (χ1n) is 8.05. The van der Waals surface area contributed by atoms with E-state index in [-0.39, 0.29) is 0 Å². The van der Waals surface area contributed by atoms with Crippen LogP contribution in [0.3, 0.4) is 0 Å². The van der Waals surface area contributed by atoms with Crippen LogP contribution < -0.4 is 0 Å². The summed E-state index contributed by atoms with van der Waals surface area (Å²) in [6.07, 6.45) is 8.21. The van der Waals surface area contributed by atoms with Gasteiger partial charge >= 0.3 is 0 Å². The van der Waals surface area contributed by atoms with Crippen LogP contribution in [0, 0.1) is 6.92 Å². The zero-order chi connectivity index (χ0) is 13.5. The molecule has 0 atom stereocenters. The lowest BCUT2D eigenvalue weighted by atomic mass is 9.79. The molecule has 1 saturated carbocycles. The fourth-order valence-electron chi connectivity index (χ4n) is 4.31. The molecule has 0 heteroatoms. The highest BCUT2D eigenvalue weighted by Gasteiger charge is 2.26. The van der Waals surface area contributed by atoms with Crippen molar-refractivity contribution in [3.05, 3.63) is 58.7 Å². The van der Waals surface area contributed by atoms with E-state index in [1.54, 1.807) is 11.1 Å². The standard InChI is InChI=1S/C20H22/c1-14-11-12-18-17-10-6-5-9-16(17)13-19(18)20(14)15-7-3-2-4-8-15/h5-6,9-12,15H,2-4,7-8,13H2,1H3. The highest BCUT2D eigenvalue weighted by molar-refractivity contribution is 5.78. The molecule has 2 aromatic carbocycles. The van der Waals surface area contributed by atoms with Gasteiger partial charge in [0.05, 0.1) is 0 Å². The molecule has 0 saturated heterocycles. The van der Waals surface area contributed by atoms with Crippen LogP contribution in [0.1, 0.15) is 60.3 Å². The molecule has 0 bridgehead atoms. The zero-order valence-electron chi connectivity index (χ0n) is 12.3. The van der Waals surface area contributed by atoms with E-state index in [0.717, 1.165) is 12.3 Å². The molecule has 2 aliphatic carbocycles. The van der Waals surface area contributed by atoms with Crippen LogP contribution >= 0.6 is 0 Å². The minimum absolute atomic E-state index is 0.813. The van der Waals surface area contributed by atoms with E-state index in [1.807, 2.05) is 0 Å². The second-order valence-electron chi connectivity index (χ2n) is 6.49. The van der Waals surface area contributed by atoms with Gasteiger partial charge in [-0.2, -0.15) is 0 Å². The number of hydrogen-bond donors (Lipinski definition) is 0. The van der Waals surface area contributed by atoms with Crippen LogP contribution in [0.2, 0.25) is 0 Å². The summed E-state index contributed by atoms with van der Waals surface area (Å²) in [5, 5.41) is 0. The summed E-state index contributed by atoms with van der Waals surface area (Å²) < 4.78 is 0. The molecule has 0 unspecified atom stereocenters. The molecule has 0 amide bonds. The van der Waals surface area contributed by atoms with Crippen LogP contribution in [-0.4, -0.2) is 0 Å². The van der Waals surface area contributed by atoms with Gasteiger partial charge in [0.1, 0.15) is 0 Å². The van der Waals surface area contributed by atoms with Crippen molar-refractivity contribution in [2.45, 2.75) is 51.4 Å². The molecule has 2 aliphatic rings. The summed E-state index contributed by atoms with van der Waals surface area (Å²) in [6.45, 7) is 2.31. The van der Waals surface area contributed by atoms with Gasteiger partial charge in [0.15, 0.2) is 0 Å². The maximum Gasteiger partial charge on any atom is -0.00105 e. The number of hydrogen-bond acceptors (Lipinski definition) is 0. The second-order valence-corrected chi connectivity index (χ2v) is 6.49. The molecule has 0 spiro atoms. The second kappa shape index (κ2) is 4.77. The fraction of sp³-hybridized carbons (Fsp3) is 0.400. The van der Waals surface area contributed by atoms with Crippen molar-refractivity contribution >= 4 is 0 Å². The van der Waals surface area contributed by atoms with Gasteiger partial charge in [0.25, 0.3) is 0 Å². The Morgan fingerprint density at radius 2 is 1.65 bits per heavy atom. The van der Waals surface area contributed by atoms with E-state index >= 15 is 0 Å². The number of aryl methyl sites for hydroxylation is 1. The average Bonchev–Trinajstić information content (AvgIpc) is 2.86. The highest BCUT2D eigenvalue weighted by Crippen LogP contribution is 2.44. The summed E-state index contributed by atoms with van der Waals surface area (Å²) in [6, 6.07) is 13.6. The van der Waals surface area contributed by atoms with Crippen LogP contribution in [0.15, 0.2) is 36.4 Å². The highest BCUT2D eigenvalue weighted by atomic mass is 14.3. The van der Waals surface area contributed by atoms with E-state index < -0.39 is 0 Å². The Morgan fingerprint density at radius 3 is 2.50 bits per heavy atom. The van der Waals surface area contributed by atoms with Crippen LogP contribution in [0.4, 0.5) is 0 Å². The van der Waals surface area contributed by atoms with Crippen LogP contribution in [0.5, 0.6) is 0 Å². The van der Waals surface area contributed by atoms with E-state index in [1.165, 1.54) is 54.4 Å². The van der Waals surface area contributed by atoms with Crippen molar-refractivity contribution in [3.8, 4) is 11.1 Å². The molecule has 0 heterocycles. The van der Waals surface area contributed by atoms with Gasteiger partial charge in [-0.1, -0.05) is 55.7 Å². The molecule has 0 nitrogen and oxygen atoms in total. The molecule has 102 valence electrons. The molecule has 2 aromatic rings. The van der Waals surface area contributed by atoms with E-state index in [4.69, 9.17) is 0 Å². The SMILES string of the molecule is Cc1ccc2c(c1C1CCCCC1)Cc1ccccc1-2. The van der Waals surface area contributed by atoms with E-state index in [2.05, 4.69) is 43.3 Å². The van der Waals surface area contributed by atoms with Crippen molar-refractivity contribution in [2.24, 2.45) is 0 Å². The number of benzene rings is 2. The predicted molar refractivity (Wildman–Crippen MR) is 85.2 cm³/mol. The van der Waals surface area contributed by atoms with Gasteiger partial charge in [-0.3, -0.25) is 0 Å². The molecular formula is C20H22. The molecule has 1 fully saturated rings. The molecular weight excluding hydrogens is 240 g/mol. The largest absolute Gasteiger partial charge is 0.0619 e. The van der Waals surface area contributed by atoms with Crippen LogP contribution in [-0.2, 0) is 6.42 Å². The summed E-state index contributed by atoms with van der Waals surface area (Å²) >= 11 is 0. The molecule has 0 N–H and O–H groups in total. The molecule has 20 heavy (non-hydrogen) atoms. The van der Waals surface area contributed by atoms with Gasteiger partial charge in [0.2, 0.25) is 0 Å². The third-order valence-corrected chi connectivity index (χ3v) is 5.26. The minimum atomic E-state index is 0.813. The maximum atomic E-state index is 2.35. The van der Waals surface area contributed by atoms with Gasteiger partial charge in [-0.05, 0) is 65.5 Å². The van der Waals surface area contributed by atoms with Crippen molar-refractivity contribution in [1.29, 1.82) is 0 Å². The topological polar surface area (TPSA) is 0 Å². The third kappa shape index (κ3) is 1.82. The minimum Gasteiger partial charge on any atom is -0.0619 e. The fourth-order valence-corrected chi connectivity index (χ4v) is 4.31. The molecule has 0 radical (unpaired) electrons. The lowest BCUT2D eigenvalue weighted by Crippen LogP contribution is -2.09. The Kier molecular flexibility index (Phi) is 2.91. The first-order valence-corrected chi connectivity index (χ1v) is 8.05. The normalized spacial score (nSPS) is 17.9. The summed E-state index contributed by atoms with van der Waals surface area (Å²) in [4.78, 5) is 0. The summed E-state index contributed by atoms with van der Waals surface area (Å²) in [5.41, 5.74) is 9.34.